The molecule has 4 nitrogen and oxygen atoms in total. The number of benzene rings is 1. The number of rotatable bonds is 4. The van der Waals surface area contributed by atoms with E-state index in [4.69, 9.17) is 9.84 Å². The normalized spacial score (nSPS) is 30.7. The van der Waals surface area contributed by atoms with E-state index in [9.17, 15) is 4.79 Å². The average molecular weight is 275 g/mol. The number of carbonyl (C=O) groups is 1. The second-order valence-corrected chi connectivity index (χ2v) is 5.82. The molecule has 2 fully saturated rings. The van der Waals surface area contributed by atoms with Gasteiger partial charge in [0.25, 0.3) is 0 Å². The molecular weight excluding hydrogens is 254 g/mol. The fourth-order valence-electron chi connectivity index (χ4n) is 3.31. The summed E-state index contributed by atoms with van der Waals surface area (Å²) in [5.41, 5.74) is 1.41. The first-order valence-electron chi connectivity index (χ1n) is 7.38. The Morgan fingerprint density at radius 2 is 2.05 bits per heavy atom. The third-order valence-electron chi connectivity index (χ3n) is 4.39. The highest BCUT2D eigenvalue weighted by Gasteiger charge is 2.33. The summed E-state index contributed by atoms with van der Waals surface area (Å²) in [6, 6.07) is 10.6. The summed E-state index contributed by atoms with van der Waals surface area (Å²) >= 11 is 0. The van der Waals surface area contributed by atoms with Crippen molar-refractivity contribution in [2.45, 2.75) is 37.4 Å². The Hall–Kier alpha value is -1.39. The van der Waals surface area contributed by atoms with E-state index in [-0.39, 0.29) is 6.10 Å². The van der Waals surface area contributed by atoms with Gasteiger partial charge in [0.1, 0.15) is 0 Å². The van der Waals surface area contributed by atoms with E-state index in [1.807, 2.05) is 0 Å². The van der Waals surface area contributed by atoms with Gasteiger partial charge in [0, 0.05) is 13.1 Å². The van der Waals surface area contributed by atoms with Crippen LogP contribution in [0.3, 0.4) is 0 Å². The predicted molar refractivity (Wildman–Crippen MR) is 75.8 cm³/mol. The summed E-state index contributed by atoms with van der Waals surface area (Å²) in [6.07, 6.45) is 2.19. The van der Waals surface area contributed by atoms with Crippen LogP contribution in [-0.2, 0) is 9.53 Å². The van der Waals surface area contributed by atoms with Crippen LogP contribution in [0.5, 0.6) is 0 Å². The van der Waals surface area contributed by atoms with Gasteiger partial charge in [0.15, 0.2) is 6.10 Å². The highest BCUT2D eigenvalue weighted by molar-refractivity contribution is 5.72. The van der Waals surface area contributed by atoms with Gasteiger partial charge >= 0.3 is 5.97 Å². The van der Waals surface area contributed by atoms with E-state index >= 15 is 0 Å². The molecule has 3 rings (SSSR count). The number of nitrogens with zero attached hydrogens (tertiary/aromatic N) is 1. The average Bonchev–Trinajstić information content (AvgIpc) is 3.10. The number of likely N-dealkylation sites (tertiary alicyclic amines) is 1. The lowest BCUT2D eigenvalue weighted by Gasteiger charge is -2.20. The van der Waals surface area contributed by atoms with E-state index in [1.165, 1.54) is 12.0 Å². The zero-order valence-corrected chi connectivity index (χ0v) is 11.6. The first kappa shape index (κ1) is 13.6. The molecule has 2 aliphatic rings. The summed E-state index contributed by atoms with van der Waals surface area (Å²) in [4.78, 5) is 13.3. The van der Waals surface area contributed by atoms with Gasteiger partial charge in [-0.1, -0.05) is 30.3 Å². The third-order valence-corrected chi connectivity index (χ3v) is 4.39. The molecule has 108 valence electrons. The van der Waals surface area contributed by atoms with Crippen molar-refractivity contribution >= 4 is 5.97 Å². The standard InChI is InChI=1S/C16H21NO3/c18-16(19)15-7-6-14(20-15)11-17-9-8-13(10-17)12-4-2-1-3-5-12/h1-5,13-15H,6-11H2,(H,18,19). The molecule has 1 aromatic carbocycles. The number of ether oxygens (including phenoxy) is 1. The minimum atomic E-state index is -0.823. The van der Waals surface area contributed by atoms with Gasteiger partial charge in [-0.05, 0) is 37.3 Å². The number of hydrogen-bond donors (Lipinski definition) is 1. The molecule has 0 radical (unpaired) electrons. The molecule has 1 N–H and O–H groups in total. The van der Waals surface area contributed by atoms with Crippen molar-refractivity contribution in [2.24, 2.45) is 0 Å². The second kappa shape index (κ2) is 5.94. The monoisotopic (exact) mass is 275 g/mol. The Morgan fingerprint density at radius 3 is 2.75 bits per heavy atom. The fraction of sp³-hybridized carbons (Fsp3) is 0.562. The van der Waals surface area contributed by atoms with Crippen molar-refractivity contribution in [2.75, 3.05) is 19.6 Å². The van der Waals surface area contributed by atoms with Gasteiger partial charge in [0.2, 0.25) is 0 Å². The SMILES string of the molecule is O=C(O)C1CCC(CN2CCC(c3ccccc3)C2)O1. The van der Waals surface area contributed by atoms with Gasteiger partial charge in [-0.3, -0.25) is 0 Å². The highest BCUT2D eigenvalue weighted by atomic mass is 16.5. The molecule has 0 amide bonds. The maximum Gasteiger partial charge on any atom is 0.332 e. The van der Waals surface area contributed by atoms with Crippen LogP contribution in [0.15, 0.2) is 30.3 Å². The van der Waals surface area contributed by atoms with Crippen molar-refractivity contribution in [3.8, 4) is 0 Å². The van der Waals surface area contributed by atoms with Crippen LogP contribution in [0.4, 0.5) is 0 Å². The lowest BCUT2D eigenvalue weighted by atomic mass is 9.99. The van der Waals surface area contributed by atoms with E-state index in [1.54, 1.807) is 0 Å². The number of carboxylic acids is 1. The van der Waals surface area contributed by atoms with E-state index in [0.717, 1.165) is 26.1 Å². The van der Waals surface area contributed by atoms with E-state index in [0.29, 0.717) is 12.3 Å². The summed E-state index contributed by atoms with van der Waals surface area (Å²) < 4.78 is 5.58. The smallest absolute Gasteiger partial charge is 0.332 e. The molecule has 2 aliphatic heterocycles. The molecule has 0 saturated carbocycles. The minimum absolute atomic E-state index is 0.0885. The minimum Gasteiger partial charge on any atom is -0.479 e. The molecular formula is C16H21NO3. The third kappa shape index (κ3) is 3.02. The molecule has 1 aromatic rings. The van der Waals surface area contributed by atoms with Gasteiger partial charge in [-0.15, -0.1) is 0 Å². The Kier molecular flexibility index (Phi) is 4.03. The summed E-state index contributed by atoms with van der Waals surface area (Å²) in [5.74, 6) is -0.219. The maximum absolute atomic E-state index is 10.9. The van der Waals surface area contributed by atoms with Crippen LogP contribution in [0, 0.1) is 0 Å². The quantitative estimate of drug-likeness (QED) is 0.914. The van der Waals surface area contributed by atoms with Crippen molar-refractivity contribution in [1.82, 2.24) is 4.90 Å². The first-order chi connectivity index (χ1) is 9.72. The second-order valence-electron chi connectivity index (χ2n) is 5.82. The fourth-order valence-corrected chi connectivity index (χ4v) is 3.31. The molecule has 0 spiro atoms. The van der Waals surface area contributed by atoms with E-state index < -0.39 is 12.1 Å². The summed E-state index contributed by atoms with van der Waals surface area (Å²) in [7, 11) is 0. The summed E-state index contributed by atoms with van der Waals surface area (Å²) in [5, 5.41) is 8.94. The number of carboxylic acid groups (broad SMARTS) is 1. The molecule has 2 saturated heterocycles. The van der Waals surface area contributed by atoms with Gasteiger partial charge in [-0.25, -0.2) is 4.79 Å². The van der Waals surface area contributed by atoms with Crippen molar-refractivity contribution in [3.05, 3.63) is 35.9 Å². The number of aliphatic carboxylic acids is 1. The lowest BCUT2D eigenvalue weighted by Crippen LogP contribution is -2.31. The zero-order chi connectivity index (χ0) is 13.9. The highest BCUT2D eigenvalue weighted by Crippen LogP contribution is 2.29. The van der Waals surface area contributed by atoms with Crippen LogP contribution in [-0.4, -0.2) is 47.8 Å². The van der Waals surface area contributed by atoms with Crippen LogP contribution in [0.1, 0.15) is 30.7 Å². The van der Waals surface area contributed by atoms with Crippen molar-refractivity contribution < 1.29 is 14.6 Å². The Morgan fingerprint density at radius 1 is 1.25 bits per heavy atom. The number of hydrogen-bond acceptors (Lipinski definition) is 3. The zero-order valence-electron chi connectivity index (χ0n) is 11.6. The van der Waals surface area contributed by atoms with Crippen LogP contribution >= 0.6 is 0 Å². The molecule has 0 bridgehead atoms. The van der Waals surface area contributed by atoms with Gasteiger partial charge in [-0.2, -0.15) is 0 Å². The molecule has 2 heterocycles. The van der Waals surface area contributed by atoms with Gasteiger partial charge < -0.3 is 14.7 Å². The molecule has 20 heavy (non-hydrogen) atoms. The Balaban J connectivity index is 1.50. The van der Waals surface area contributed by atoms with Gasteiger partial charge in [0.05, 0.1) is 6.10 Å². The predicted octanol–water partition coefficient (Wildman–Crippen LogP) is 2.11. The van der Waals surface area contributed by atoms with Crippen LogP contribution < -0.4 is 0 Å². The van der Waals surface area contributed by atoms with Crippen molar-refractivity contribution in [1.29, 1.82) is 0 Å². The largest absolute Gasteiger partial charge is 0.479 e. The Bertz CT molecular complexity index is 462. The lowest BCUT2D eigenvalue weighted by molar-refractivity contribution is -0.149. The molecule has 3 atom stereocenters. The molecule has 0 aliphatic carbocycles. The summed E-state index contributed by atoms with van der Waals surface area (Å²) in [6.45, 7) is 3.01. The molecule has 3 unspecified atom stereocenters. The van der Waals surface area contributed by atoms with Crippen molar-refractivity contribution in [3.63, 3.8) is 0 Å². The van der Waals surface area contributed by atoms with Crippen LogP contribution in [0.2, 0.25) is 0 Å². The Labute approximate surface area is 119 Å². The first-order valence-corrected chi connectivity index (χ1v) is 7.38. The van der Waals surface area contributed by atoms with E-state index in [2.05, 4.69) is 35.2 Å². The maximum atomic E-state index is 10.9. The van der Waals surface area contributed by atoms with Crippen LogP contribution in [0.25, 0.3) is 0 Å². The molecule has 4 heteroatoms. The topological polar surface area (TPSA) is 49.8 Å². The molecule has 0 aromatic heterocycles.